The molecule has 0 aliphatic rings. The predicted molar refractivity (Wildman–Crippen MR) is 70.5 cm³/mol. The molecule has 17 heavy (non-hydrogen) atoms. The van der Waals surface area contributed by atoms with Gasteiger partial charge in [-0.2, -0.15) is 0 Å². The maximum atomic E-state index is 6.20. The Morgan fingerprint density at radius 3 is 2.88 bits per heavy atom. The van der Waals surface area contributed by atoms with E-state index in [9.17, 15) is 0 Å². The van der Waals surface area contributed by atoms with Crippen molar-refractivity contribution in [3.8, 4) is 0 Å². The number of rotatable bonds is 3. The highest BCUT2D eigenvalue weighted by Crippen LogP contribution is 2.25. The van der Waals surface area contributed by atoms with E-state index in [0.29, 0.717) is 6.42 Å². The topological polar surface area (TPSA) is 56.7 Å². The van der Waals surface area contributed by atoms with Crippen LogP contribution in [0, 0.1) is 6.92 Å². The molecule has 5 heteroatoms. The molecule has 0 bridgehead atoms. The molecule has 0 aliphatic carbocycles. The highest BCUT2D eigenvalue weighted by atomic mass is 79.9. The van der Waals surface area contributed by atoms with Crippen LogP contribution in [0.3, 0.4) is 0 Å². The summed E-state index contributed by atoms with van der Waals surface area (Å²) in [5.74, 6) is 0. The molecular weight excluding hydrogens is 280 g/mol. The van der Waals surface area contributed by atoms with E-state index in [0.717, 1.165) is 15.7 Å². The van der Waals surface area contributed by atoms with Gasteiger partial charge in [0.2, 0.25) is 0 Å². The first kappa shape index (κ1) is 12.3. The molecule has 1 unspecified atom stereocenters. The molecule has 4 nitrogen and oxygen atoms in total. The van der Waals surface area contributed by atoms with Gasteiger partial charge in [0, 0.05) is 30.2 Å². The van der Waals surface area contributed by atoms with E-state index in [2.05, 4.69) is 45.3 Å². The zero-order valence-electron chi connectivity index (χ0n) is 9.89. The number of halogens is 1. The summed E-state index contributed by atoms with van der Waals surface area (Å²) in [6.45, 7) is 2.06. The number of benzene rings is 1. The summed E-state index contributed by atoms with van der Waals surface area (Å²) in [4.78, 5) is 0. The third-order valence-corrected chi connectivity index (χ3v) is 3.35. The predicted octanol–water partition coefficient (Wildman–Crippen LogP) is 2.13. The minimum absolute atomic E-state index is 0.0685. The Morgan fingerprint density at radius 1 is 1.47 bits per heavy atom. The van der Waals surface area contributed by atoms with Gasteiger partial charge in [-0.25, -0.2) is 0 Å². The summed E-state index contributed by atoms with van der Waals surface area (Å²) >= 11 is 3.53. The number of aryl methyl sites for hydroxylation is 2. The monoisotopic (exact) mass is 294 g/mol. The molecule has 1 aromatic carbocycles. The van der Waals surface area contributed by atoms with Crippen LogP contribution in [0.5, 0.6) is 0 Å². The molecule has 0 amide bonds. The van der Waals surface area contributed by atoms with Gasteiger partial charge >= 0.3 is 0 Å². The summed E-state index contributed by atoms with van der Waals surface area (Å²) in [6, 6.07) is 6.12. The quantitative estimate of drug-likeness (QED) is 0.943. The van der Waals surface area contributed by atoms with Gasteiger partial charge in [0.15, 0.2) is 0 Å². The van der Waals surface area contributed by atoms with Crippen LogP contribution in [-0.2, 0) is 13.5 Å². The molecule has 0 fully saturated rings. The zero-order valence-corrected chi connectivity index (χ0v) is 11.5. The average Bonchev–Trinajstić information content (AvgIpc) is 2.67. The van der Waals surface area contributed by atoms with E-state index in [1.54, 1.807) is 4.68 Å². The van der Waals surface area contributed by atoms with Crippen molar-refractivity contribution in [1.82, 2.24) is 15.0 Å². The maximum absolute atomic E-state index is 6.20. The largest absolute Gasteiger partial charge is 0.324 e. The number of hydrogen-bond acceptors (Lipinski definition) is 3. The lowest BCUT2D eigenvalue weighted by Crippen LogP contribution is -2.14. The second-order valence-corrected chi connectivity index (χ2v) is 5.07. The van der Waals surface area contributed by atoms with Gasteiger partial charge in [-0.15, -0.1) is 5.10 Å². The third-order valence-electron chi connectivity index (χ3n) is 2.63. The fourth-order valence-electron chi connectivity index (χ4n) is 1.77. The molecule has 2 aromatic rings. The molecule has 0 saturated heterocycles. The molecule has 2 N–H and O–H groups in total. The van der Waals surface area contributed by atoms with Crippen LogP contribution in [0.15, 0.2) is 28.9 Å². The Labute approximate surface area is 109 Å². The normalized spacial score (nSPS) is 12.7. The first-order valence-corrected chi connectivity index (χ1v) is 6.22. The van der Waals surface area contributed by atoms with Crippen molar-refractivity contribution in [2.75, 3.05) is 0 Å². The molecule has 0 saturated carbocycles. The van der Waals surface area contributed by atoms with E-state index in [1.165, 1.54) is 5.56 Å². The minimum atomic E-state index is -0.0685. The SMILES string of the molecule is Cc1ccc(Br)c(C(N)Cc2cn(C)nn2)c1. The van der Waals surface area contributed by atoms with Gasteiger partial charge in [-0.3, -0.25) is 4.68 Å². The van der Waals surface area contributed by atoms with E-state index < -0.39 is 0 Å². The smallest absolute Gasteiger partial charge is 0.0845 e. The van der Waals surface area contributed by atoms with E-state index in [4.69, 9.17) is 5.73 Å². The van der Waals surface area contributed by atoms with Crippen molar-refractivity contribution in [3.63, 3.8) is 0 Å². The first-order valence-electron chi connectivity index (χ1n) is 5.43. The fourth-order valence-corrected chi connectivity index (χ4v) is 2.31. The Balaban J connectivity index is 2.19. The fraction of sp³-hybridized carbons (Fsp3) is 0.333. The van der Waals surface area contributed by atoms with E-state index in [1.807, 2.05) is 19.3 Å². The van der Waals surface area contributed by atoms with Gasteiger partial charge in [-0.1, -0.05) is 38.8 Å². The summed E-state index contributed by atoms with van der Waals surface area (Å²) in [5, 5.41) is 7.95. The summed E-state index contributed by atoms with van der Waals surface area (Å²) in [7, 11) is 1.85. The molecule has 0 radical (unpaired) electrons. The Morgan fingerprint density at radius 2 is 2.24 bits per heavy atom. The summed E-state index contributed by atoms with van der Waals surface area (Å²) < 4.78 is 2.73. The van der Waals surface area contributed by atoms with Gasteiger partial charge in [-0.05, 0) is 18.6 Å². The van der Waals surface area contributed by atoms with Crippen LogP contribution in [-0.4, -0.2) is 15.0 Å². The summed E-state index contributed by atoms with van der Waals surface area (Å²) in [6.07, 6.45) is 2.58. The van der Waals surface area contributed by atoms with Gasteiger partial charge in [0.25, 0.3) is 0 Å². The van der Waals surface area contributed by atoms with Crippen molar-refractivity contribution < 1.29 is 0 Å². The lowest BCUT2D eigenvalue weighted by atomic mass is 10.0. The lowest BCUT2D eigenvalue weighted by molar-refractivity contribution is 0.691. The zero-order chi connectivity index (χ0) is 12.4. The molecular formula is C12H15BrN4. The molecule has 0 aliphatic heterocycles. The average molecular weight is 295 g/mol. The van der Waals surface area contributed by atoms with Crippen LogP contribution in [0.4, 0.5) is 0 Å². The van der Waals surface area contributed by atoms with Crippen LogP contribution < -0.4 is 5.73 Å². The minimum Gasteiger partial charge on any atom is -0.324 e. The van der Waals surface area contributed by atoms with Crippen LogP contribution in [0.1, 0.15) is 22.9 Å². The third kappa shape index (κ3) is 2.92. The Kier molecular flexibility index (Phi) is 3.59. The molecule has 1 heterocycles. The molecule has 2 rings (SSSR count). The molecule has 0 spiro atoms. The maximum Gasteiger partial charge on any atom is 0.0845 e. The van der Waals surface area contributed by atoms with Crippen molar-refractivity contribution in [2.45, 2.75) is 19.4 Å². The van der Waals surface area contributed by atoms with E-state index >= 15 is 0 Å². The van der Waals surface area contributed by atoms with Gasteiger partial charge in [0.1, 0.15) is 0 Å². The van der Waals surface area contributed by atoms with Crippen molar-refractivity contribution in [1.29, 1.82) is 0 Å². The second-order valence-electron chi connectivity index (χ2n) is 4.22. The Bertz CT molecular complexity index is 521. The second kappa shape index (κ2) is 4.98. The standard InChI is InChI=1S/C12H15BrN4/c1-8-3-4-11(13)10(5-8)12(14)6-9-7-17(2)16-15-9/h3-5,7,12H,6,14H2,1-2H3. The first-order chi connectivity index (χ1) is 8.06. The van der Waals surface area contributed by atoms with Crippen molar-refractivity contribution >= 4 is 15.9 Å². The highest BCUT2D eigenvalue weighted by Gasteiger charge is 2.12. The van der Waals surface area contributed by atoms with Gasteiger partial charge in [0.05, 0.1) is 5.69 Å². The molecule has 90 valence electrons. The lowest BCUT2D eigenvalue weighted by Gasteiger charge is -2.13. The molecule has 1 atom stereocenters. The number of hydrogen-bond donors (Lipinski definition) is 1. The van der Waals surface area contributed by atoms with Crippen molar-refractivity contribution in [3.05, 3.63) is 45.7 Å². The van der Waals surface area contributed by atoms with Crippen LogP contribution >= 0.6 is 15.9 Å². The van der Waals surface area contributed by atoms with Gasteiger partial charge < -0.3 is 5.73 Å². The number of nitrogens with two attached hydrogens (primary N) is 1. The van der Waals surface area contributed by atoms with E-state index in [-0.39, 0.29) is 6.04 Å². The van der Waals surface area contributed by atoms with Crippen LogP contribution in [0.2, 0.25) is 0 Å². The highest BCUT2D eigenvalue weighted by molar-refractivity contribution is 9.10. The van der Waals surface area contributed by atoms with Crippen LogP contribution in [0.25, 0.3) is 0 Å². The number of aromatic nitrogens is 3. The summed E-state index contributed by atoms with van der Waals surface area (Å²) in [5.41, 5.74) is 9.42. The van der Waals surface area contributed by atoms with Crippen molar-refractivity contribution in [2.24, 2.45) is 12.8 Å². The Hall–Kier alpha value is -1.20. The number of nitrogens with zero attached hydrogens (tertiary/aromatic N) is 3. The molecule has 1 aromatic heterocycles.